The molecule has 1 aliphatic carbocycles. The van der Waals surface area contributed by atoms with Gasteiger partial charge in [0.25, 0.3) is 0 Å². The lowest BCUT2D eigenvalue weighted by Gasteiger charge is -2.16. The summed E-state index contributed by atoms with van der Waals surface area (Å²) in [5, 5.41) is 7.12. The van der Waals surface area contributed by atoms with Crippen molar-refractivity contribution in [2.75, 3.05) is 26.2 Å². The van der Waals surface area contributed by atoms with E-state index in [1.165, 1.54) is 24.0 Å². The molecule has 0 radical (unpaired) electrons. The first-order valence-corrected chi connectivity index (χ1v) is 11.5. The SMILES string of the molecule is CCNC(=NCC1(c2cccc(Cl)c2)CC1)NCCNS(=O)(=O)c1cccnc1.I. The first-order valence-electron chi connectivity index (χ1n) is 9.63. The van der Waals surface area contributed by atoms with Gasteiger partial charge in [-0.1, -0.05) is 23.7 Å². The molecule has 1 saturated carbocycles. The number of guanidine groups is 1. The molecule has 10 heteroatoms. The van der Waals surface area contributed by atoms with E-state index in [2.05, 4.69) is 26.4 Å². The van der Waals surface area contributed by atoms with Crippen LogP contribution < -0.4 is 15.4 Å². The molecule has 1 heterocycles. The maximum Gasteiger partial charge on any atom is 0.242 e. The van der Waals surface area contributed by atoms with Gasteiger partial charge in [0, 0.05) is 42.5 Å². The van der Waals surface area contributed by atoms with Gasteiger partial charge in [0.2, 0.25) is 10.0 Å². The lowest BCUT2D eigenvalue weighted by atomic mass is 9.96. The fourth-order valence-corrected chi connectivity index (χ4v) is 4.22. The van der Waals surface area contributed by atoms with Gasteiger partial charge in [-0.15, -0.1) is 24.0 Å². The molecule has 7 nitrogen and oxygen atoms in total. The highest BCUT2D eigenvalue weighted by atomic mass is 127. The number of hydrogen-bond acceptors (Lipinski definition) is 4. The summed E-state index contributed by atoms with van der Waals surface area (Å²) in [6.07, 6.45) is 5.03. The van der Waals surface area contributed by atoms with Crippen LogP contribution in [0.4, 0.5) is 0 Å². The van der Waals surface area contributed by atoms with Crippen LogP contribution >= 0.6 is 35.6 Å². The summed E-state index contributed by atoms with van der Waals surface area (Å²) >= 11 is 6.14. The molecule has 1 fully saturated rings. The molecular weight excluding hydrogens is 537 g/mol. The van der Waals surface area contributed by atoms with Crippen molar-refractivity contribution in [3.05, 3.63) is 59.4 Å². The molecule has 30 heavy (non-hydrogen) atoms. The third kappa shape index (κ3) is 6.79. The lowest BCUT2D eigenvalue weighted by Crippen LogP contribution is -2.42. The Morgan fingerprint density at radius 2 is 2.00 bits per heavy atom. The number of pyridine rings is 1. The Morgan fingerprint density at radius 3 is 2.63 bits per heavy atom. The van der Waals surface area contributed by atoms with Crippen molar-refractivity contribution >= 4 is 51.6 Å². The normalized spacial score (nSPS) is 15.2. The van der Waals surface area contributed by atoms with Crippen LogP contribution in [-0.2, 0) is 15.4 Å². The first kappa shape index (κ1) is 24.8. The summed E-state index contributed by atoms with van der Waals surface area (Å²) in [7, 11) is -3.56. The summed E-state index contributed by atoms with van der Waals surface area (Å²) in [4.78, 5) is 8.70. The Morgan fingerprint density at radius 1 is 1.20 bits per heavy atom. The fourth-order valence-electron chi connectivity index (χ4n) is 3.04. The van der Waals surface area contributed by atoms with E-state index in [-0.39, 0.29) is 40.8 Å². The Kier molecular flexibility index (Phi) is 9.32. The maximum absolute atomic E-state index is 12.2. The van der Waals surface area contributed by atoms with Crippen LogP contribution in [0.25, 0.3) is 0 Å². The van der Waals surface area contributed by atoms with E-state index in [4.69, 9.17) is 16.6 Å². The molecule has 164 valence electrons. The molecule has 0 saturated heterocycles. The standard InChI is InChI=1S/C20H26ClN5O2S.HI/c1-2-23-19(24-11-12-26-29(27,28)18-7-4-10-22-14-18)25-15-20(8-9-20)16-5-3-6-17(21)13-16;/h3-7,10,13-14,26H,2,8-9,11-12,15H2,1H3,(H2,23,24,25);1H. The van der Waals surface area contributed by atoms with E-state index in [0.29, 0.717) is 19.0 Å². The molecule has 0 unspecified atom stereocenters. The Labute approximate surface area is 200 Å². The number of hydrogen-bond donors (Lipinski definition) is 3. The number of nitrogens with one attached hydrogen (secondary N) is 3. The van der Waals surface area contributed by atoms with Crippen molar-refractivity contribution < 1.29 is 8.42 Å². The lowest BCUT2D eigenvalue weighted by molar-refractivity contribution is 0.580. The van der Waals surface area contributed by atoms with Crippen molar-refractivity contribution in [2.24, 2.45) is 4.99 Å². The topological polar surface area (TPSA) is 95.5 Å². The minimum absolute atomic E-state index is 0. The highest BCUT2D eigenvalue weighted by molar-refractivity contribution is 14.0. The molecule has 1 aromatic carbocycles. The van der Waals surface area contributed by atoms with Crippen LogP contribution in [0.15, 0.2) is 58.7 Å². The van der Waals surface area contributed by atoms with Gasteiger partial charge in [-0.25, -0.2) is 13.1 Å². The molecule has 2 aromatic rings. The van der Waals surface area contributed by atoms with Crippen LogP contribution in [-0.4, -0.2) is 45.5 Å². The second-order valence-electron chi connectivity index (χ2n) is 7.00. The van der Waals surface area contributed by atoms with Gasteiger partial charge in [0.05, 0.1) is 6.54 Å². The van der Waals surface area contributed by atoms with E-state index in [9.17, 15) is 8.42 Å². The number of nitrogens with zero attached hydrogens (tertiary/aromatic N) is 2. The molecule has 0 bridgehead atoms. The summed E-state index contributed by atoms with van der Waals surface area (Å²) in [5.41, 5.74) is 1.27. The number of aromatic nitrogens is 1. The molecule has 1 aliphatic rings. The van der Waals surface area contributed by atoms with E-state index in [0.717, 1.165) is 24.4 Å². The highest BCUT2D eigenvalue weighted by Crippen LogP contribution is 2.48. The monoisotopic (exact) mass is 563 g/mol. The molecule has 3 rings (SSSR count). The molecule has 3 N–H and O–H groups in total. The van der Waals surface area contributed by atoms with Gasteiger partial charge in [0.1, 0.15) is 4.90 Å². The zero-order valence-electron chi connectivity index (χ0n) is 16.8. The highest BCUT2D eigenvalue weighted by Gasteiger charge is 2.44. The summed E-state index contributed by atoms with van der Waals surface area (Å²) in [5.74, 6) is 0.668. The molecule has 0 spiro atoms. The predicted octanol–water partition coefficient (Wildman–Crippen LogP) is 2.92. The Balaban J connectivity index is 0.00000320. The molecular formula is C20H27ClIN5O2S. The van der Waals surface area contributed by atoms with Crippen molar-refractivity contribution in [1.82, 2.24) is 20.3 Å². The van der Waals surface area contributed by atoms with Gasteiger partial charge in [-0.05, 0) is 49.6 Å². The minimum Gasteiger partial charge on any atom is -0.357 e. The summed E-state index contributed by atoms with van der Waals surface area (Å²) in [6, 6.07) is 11.1. The van der Waals surface area contributed by atoms with Crippen molar-refractivity contribution in [3.63, 3.8) is 0 Å². The fraction of sp³-hybridized carbons (Fsp3) is 0.400. The van der Waals surface area contributed by atoms with Gasteiger partial charge in [-0.2, -0.15) is 0 Å². The zero-order valence-corrected chi connectivity index (χ0v) is 20.7. The third-order valence-electron chi connectivity index (χ3n) is 4.83. The average Bonchev–Trinajstić information content (AvgIpc) is 3.51. The smallest absolute Gasteiger partial charge is 0.242 e. The Hall–Kier alpha value is -1.43. The molecule has 0 amide bonds. The largest absolute Gasteiger partial charge is 0.357 e. The molecule has 0 atom stereocenters. The predicted molar refractivity (Wildman–Crippen MR) is 131 cm³/mol. The number of sulfonamides is 1. The number of rotatable bonds is 9. The van der Waals surface area contributed by atoms with Crippen LogP contribution in [0.1, 0.15) is 25.3 Å². The van der Waals surface area contributed by atoms with E-state index >= 15 is 0 Å². The quantitative estimate of drug-likeness (QED) is 0.189. The molecule has 0 aliphatic heterocycles. The number of aliphatic imine (C=N–C) groups is 1. The minimum atomic E-state index is -3.56. The van der Waals surface area contributed by atoms with Gasteiger partial charge in [0.15, 0.2) is 5.96 Å². The van der Waals surface area contributed by atoms with Crippen LogP contribution in [0.5, 0.6) is 0 Å². The maximum atomic E-state index is 12.2. The van der Waals surface area contributed by atoms with Crippen molar-refractivity contribution in [1.29, 1.82) is 0 Å². The van der Waals surface area contributed by atoms with Gasteiger partial charge >= 0.3 is 0 Å². The van der Waals surface area contributed by atoms with Crippen LogP contribution in [0, 0.1) is 0 Å². The number of halogens is 2. The van der Waals surface area contributed by atoms with Gasteiger partial charge < -0.3 is 10.6 Å². The second-order valence-corrected chi connectivity index (χ2v) is 9.20. The first-order chi connectivity index (χ1) is 14.0. The average molecular weight is 564 g/mol. The number of benzene rings is 1. The van der Waals surface area contributed by atoms with E-state index < -0.39 is 10.0 Å². The van der Waals surface area contributed by atoms with Gasteiger partial charge in [-0.3, -0.25) is 9.98 Å². The second kappa shape index (κ2) is 11.3. The zero-order chi connectivity index (χ0) is 20.7. The third-order valence-corrected chi connectivity index (χ3v) is 6.51. The van der Waals surface area contributed by atoms with E-state index in [1.807, 2.05) is 25.1 Å². The van der Waals surface area contributed by atoms with Crippen LogP contribution in [0.2, 0.25) is 5.02 Å². The summed E-state index contributed by atoms with van der Waals surface area (Å²) < 4.78 is 27.0. The van der Waals surface area contributed by atoms with Crippen LogP contribution in [0.3, 0.4) is 0 Å². The van der Waals surface area contributed by atoms with E-state index in [1.54, 1.807) is 6.07 Å². The molecule has 1 aromatic heterocycles. The van der Waals surface area contributed by atoms with Crippen molar-refractivity contribution in [2.45, 2.75) is 30.1 Å². The summed E-state index contributed by atoms with van der Waals surface area (Å²) in [6.45, 7) is 4.02. The Bertz CT molecular complexity index is 953. The van der Waals surface area contributed by atoms with Crippen molar-refractivity contribution in [3.8, 4) is 0 Å².